The molecule has 0 aliphatic rings. The van der Waals surface area contributed by atoms with E-state index in [0.29, 0.717) is 22.7 Å². The number of imidazole rings is 1. The number of rotatable bonds is 4. The van der Waals surface area contributed by atoms with E-state index in [1.165, 1.54) is 12.1 Å². The van der Waals surface area contributed by atoms with Gasteiger partial charge in [-0.25, -0.2) is 18.9 Å². The van der Waals surface area contributed by atoms with Crippen LogP contribution in [0.4, 0.5) is 4.39 Å². The predicted molar refractivity (Wildman–Crippen MR) is 92.9 cm³/mol. The molecule has 3 heterocycles. The number of amides is 1. The highest BCUT2D eigenvalue weighted by Gasteiger charge is 2.18. The fraction of sp³-hybridized carbons (Fsp3) is 0.111. The first kappa shape index (κ1) is 15.9. The Balaban J connectivity index is 1.50. The summed E-state index contributed by atoms with van der Waals surface area (Å²) in [6.45, 7) is 1.99. The second-order valence-electron chi connectivity index (χ2n) is 5.78. The van der Waals surface area contributed by atoms with Crippen LogP contribution < -0.4 is 5.32 Å². The van der Waals surface area contributed by atoms with Crippen molar-refractivity contribution in [2.75, 3.05) is 0 Å². The number of halogens is 1. The van der Waals surface area contributed by atoms with Gasteiger partial charge in [-0.3, -0.25) is 4.79 Å². The Kier molecular flexibility index (Phi) is 3.92. The summed E-state index contributed by atoms with van der Waals surface area (Å²) in [4.78, 5) is 24.1. The number of H-pyrrole nitrogens is 1. The van der Waals surface area contributed by atoms with Crippen LogP contribution in [0, 0.1) is 12.7 Å². The molecular weight excluding hydrogens is 335 g/mol. The molecule has 1 amide bonds. The Labute approximate surface area is 147 Å². The maximum absolute atomic E-state index is 13.0. The molecule has 0 aliphatic carbocycles. The van der Waals surface area contributed by atoms with Gasteiger partial charge >= 0.3 is 0 Å². The zero-order chi connectivity index (χ0) is 18.1. The van der Waals surface area contributed by atoms with Crippen LogP contribution in [-0.4, -0.2) is 30.5 Å². The van der Waals surface area contributed by atoms with E-state index in [-0.39, 0.29) is 18.3 Å². The molecule has 130 valence electrons. The molecule has 26 heavy (non-hydrogen) atoms. The van der Waals surface area contributed by atoms with Crippen LogP contribution in [0.1, 0.15) is 21.9 Å². The molecule has 0 atom stereocenters. The number of hydrogen-bond donors (Lipinski definition) is 2. The summed E-state index contributed by atoms with van der Waals surface area (Å²) in [6.07, 6.45) is 5.01. The normalized spacial score (nSPS) is 11.0. The molecule has 1 aromatic carbocycles. The first-order valence-electron chi connectivity index (χ1n) is 8.00. The molecule has 8 heteroatoms. The standard InChI is InChI=1S/C18H15FN6O/c1-11-16(17-20-7-2-8-25(17)24-11)18(26)22-10-15-21-9-14(23-15)12-3-5-13(19)6-4-12/h2-9H,10H2,1H3,(H,21,23)(H,22,26). The molecule has 0 unspecified atom stereocenters. The number of benzene rings is 1. The molecule has 4 rings (SSSR count). The van der Waals surface area contributed by atoms with Crippen molar-refractivity contribution in [3.63, 3.8) is 0 Å². The third kappa shape index (κ3) is 2.92. The minimum absolute atomic E-state index is 0.226. The van der Waals surface area contributed by atoms with Gasteiger partial charge in [0, 0.05) is 12.4 Å². The van der Waals surface area contributed by atoms with Crippen molar-refractivity contribution in [2.45, 2.75) is 13.5 Å². The van der Waals surface area contributed by atoms with E-state index in [0.717, 1.165) is 11.3 Å². The lowest BCUT2D eigenvalue weighted by Crippen LogP contribution is -2.24. The Morgan fingerprint density at radius 2 is 2.08 bits per heavy atom. The largest absolute Gasteiger partial charge is 0.345 e. The highest BCUT2D eigenvalue weighted by atomic mass is 19.1. The van der Waals surface area contributed by atoms with Crippen molar-refractivity contribution < 1.29 is 9.18 Å². The van der Waals surface area contributed by atoms with Crippen LogP contribution in [0.25, 0.3) is 16.9 Å². The second kappa shape index (κ2) is 6.40. The van der Waals surface area contributed by atoms with E-state index in [2.05, 4.69) is 25.4 Å². The van der Waals surface area contributed by atoms with Crippen molar-refractivity contribution >= 4 is 11.6 Å². The van der Waals surface area contributed by atoms with Gasteiger partial charge in [0.25, 0.3) is 5.91 Å². The number of aromatic amines is 1. The molecule has 0 aliphatic heterocycles. The third-order valence-corrected chi connectivity index (χ3v) is 4.00. The van der Waals surface area contributed by atoms with E-state index in [9.17, 15) is 9.18 Å². The lowest BCUT2D eigenvalue weighted by Gasteiger charge is -2.03. The number of carbonyl (C=O) groups is 1. The summed E-state index contributed by atoms with van der Waals surface area (Å²) < 4.78 is 14.6. The first-order valence-corrected chi connectivity index (χ1v) is 8.00. The topological polar surface area (TPSA) is 88.0 Å². The molecule has 0 saturated carbocycles. The quantitative estimate of drug-likeness (QED) is 0.592. The minimum Gasteiger partial charge on any atom is -0.345 e. The molecule has 0 bridgehead atoms. The van der Waals surface area contributed by atoms with E-state index < -0.39 is 0 Å². The highest BCUT2D eigenvalue weighted by Crippen LogP contribution is 2.17. The zero-order valence-electron chi connectivity index (χ0n) is 13.9. The number of nitrogens with one attached hydrogen (secondary N) is 2. The maximum atomic E-state index is 13.0. The van der Waals surface area contributed by atoms with Gasteiger partial charge in [-0.2, -0.15) is 5.10 Å². The van der Waals surface area contributed by atoms with E-state index in [1.807, 2.05) is 0 Å². The number of carbonyl (C=O) groups excluding carboxylic acids is 1. The predicted octanol–water partition coefficient (Wildman–Crippen LogP) is 2.50. The molecule has 7 nitrogen and oxygen atoms in total. The average molecular weight is 350 g/mol. The number of nitrogens with zero attached hydrogens (tertiary/aromatic N) is 4. The van der Waals surface area contributed by atoms with Gasteiger partial charge in [0.15, 0.2) is 5.65 Å². The summed E-state index contributed by atoms with van der Waals surface area (Å²) in [5.74, 6) is 0.0360. The summed E-state index contributed by atoms with van der Waals surface area (Å²) in [5.41, 5.74) is 3.12. The molecule has 2 N–H and O–H groups in total. The van der Waals surface area contributed by atoms with Crippen molar-refractivity contribution in [1.82, 2.24) is 29.9 Å². The lowest BCUT2D eigenvalue weighted by atomic mass is 10.2. The van der Waals surface area contributed by atoms with Crippen LogP contribution in [0.5, 0.6) is 0 Å². The van der Waals surface area contributed by atoms with Crippen molar-refractivity contribution in [1.29, 1.82) is 0 Å². The minimum atomic E-state index is -0.293. The second-order valence-corrected chi connectivity index (χ2v) is 5.78. The highest BCUT2D eigenvalue weighted by molar-refractivity contribution is 6.00. The van der Waals surface area contributed by atoms with Crippen LogP contribution in [0.2, 0.25) is 0 Å². The summed E-state index contributed by atoms with van der Waals surface area (Å²) in [5, 5.41) is 7.10. The Morgan fingerprint density at radius 1 is 1.27 bits per heavy atom. The Hall–Kier alpha value is -3.55. The number of aromatic nitrogens is 5. The van der Waals surface area contributed by atoms with E-state index in [1.54, 1.807) is 48.2 Å². The van der Waals surface area contributed by atoms with Gasteiger partial charge in [0.05, 0.1) is 24.1 Å². The number of fused-ring (bicyclic) bond motifs is 1. The van der Waals surface area contributed by atoms with Gasteiger partial charge in [0.2, 0.25) is 0 Å². The molecule has 4 aromatic rings. The Morgan fingerprint density at radius 3 is 2.88 bits per heavy atom. The van der Waals surface area contributed by atoms with Crippen LogP contribution in [0.15, 0.2) is 48.9 Å². The van der Waals surface area contributed by atoms with Gasteiger partial charge in [-0.1, -0.05) is 0 Å². The molecule has 0 saturated heterocycles. The van der Waals surface area contributed by atoms with Gasteiger partial charge in [-0.05, 0) is 42.8 Å². The van der Waals surface area contributed by atoms with Crippen molar-refractivity contribution in [3.8, 4) is 11.3 Å². The van der Waals surface area contributed by atoms with Crippen LogP contribution in [0.3, 0.4) is 0 Å². The third-order valence-electron chi connectivity index (χ3n) is 4.00. The molecule has 3 aromatic heterocycles. The number of hydrogen-bond acceptors (Lipinski definition) is 4. The van der Waals surface area contributed by atoms with Gasteiger partial charge < -0.3 is 10.3 Å². The van der Waals surface area contributed by atoms with Gasteiger partial charge in [0.1, 0.15) is 17.2 Å². The molecule has 0 fully saturated rings. The smallest absolute Gasteiger partial charge is 0.257 e. The molecule has 0 radical (unpaired) electrons. The fourth-order valence-electron chi connectivity index (χ4n) is 2.74. The van der Waals surface area contributed by atoms with E-state index >= 15 is 0 Å². The molecular formula is C18H15FN6O. The fourth-order valence-corrected chi connectivity index (χ4v) is 2.74. The SMILES string of the molecule is Cc1nn2cccnc2c1C(=O)NCc1ncc(-c2ccc(F)cc2)[nH]1. The lowest BCUT2D eigenvalue weighted by molar-refractivity contribution is 0.0951. The summed E-state index contributed by atoms with van der Waals surface area (Å²) >= 11 is 0. The Bertz CT molecular complexity index is 1080. The zero-order valence-corrected chi connectivity index (χ0v) is 13.9. The van der Waals surface area contributed by atoms with Crippen molar-refractivity contribution in [2.24, 2.45) is 0 Å². The summed E-state index contributed by atoms with van der Waals surface area (Å²) in [7, 11) is 0. The number of aryl methyl sites for hydroxylation is 1. The van der Waals surface area contributed by atoms with Gasteiger partial charge in [-0.15, -0.1) is 0 Å². The monoisotopic (exact) mass is 350 g/mol. The summed E-state index contributed by atoms with van der Waals surface area (Å²) in [6, 6.07) is 7.86. The molecule has 0 spiro atoms. The van der Waals surface area contributed by atoms with Crippen LogP contribution >= 0.6 is 0 Å². The first-order chi connectivity index (χ1) is 12.6. The average Bonchev–Trinajstić information content (AvgIpc) is 3.24. The van der Waals surface area contributed by atoms with Crippen LogP contribution in [-0.2, 0) is 6.54 Å². The van der Waals surface area contributed by atoms with Crippen molar-refractivity contribution in [3.05, 3.63) is 71.8 Å². The van der Waals surface area contributed by atoms with E-state index in [4.69, 9.17) is 0 Å². The maximum Gasteiger partial charge on any atom is 0.257 e.